The fourth-order valence-corrected chi connectivity index (χ4v) is 1.31. The van der Waals surface area contributed by atoms with Crippen molar-refractivity contribution in [1.82, 2.24) is 5.32 Å². The molecule has 0 aromatic heterocycles. The maximum atomic E-state index is 11.4. The van der Waals surface area contributed by atoms with Gasteiger partial charge in [-0.2, -0.15) is 0 Å². The number of halogens is 1. The molecule has 0 aromatic rings. The van der Waals surface area contributed by atoms with Gasteiger partial charge in [-0.25, -0.2) is 0 Å². The molecule has 2 atom stereocenters. The summed E-state index contributed by atoms with van der Waals surface area (Å²) in [5.41, 5.74) is 5.69. The summed E-state index contributed by atoms with van der Waals surface area (Å²) in [6, 6.07) is -0.135. The minimum atomic E-state index is -1.04. The maximum Gasteiger partial charge on any atom is 0.250 e. The summed E-state index contributed by atoms with van der Waals surface area (Å²) in [7, 11) is 0. The van der Waals surface area contributed by atoms with Gasteiger partial charge in [0.2, 0.25) is 0 Å². The maximum absolute atomic E-state index is 11.4. The molecule has 1 aliphatic carbocycles. The fourth-order valence-electron chi connectivity index (χ4n) is 1.31. The van der Waals surface area contributed by atoms with Crippen molar-refractivity contribution in [1.29, 1.82) is 0 Å². The van der Waals surface area contributed by atoms with Crippen molar-refractivity contribution >= 4 is 18.3 Å². The van der Waals surface area contributed by atoms with Gasteiger partial charge in [0.25, 0.3) is 5.91 Å². The molecule has 0 spiro atoms. The van der Waals surface area contributed by atoms with E-state index in [4.69, 9.17) is 5.73 Å². The topological polar surface area (TPSA) is 75.3 Å². The number of aliphatic hydroxyl groups is 1. The highest BCUT2D eigenvalue weighted by Gasteiger charge is 2.28. The molecular weight excluding hydrogens is 216 g/mol. The van der Waals surface area contributed by atoms with Gasteiger partial charge in [-0.15, -0.1) is 12.4 Å². The fraction of sp³-hybridized carbons (Fsp3) is 0.900. The number of carbonyl (C=O) groups is 1. The van der Waals surface area contributed by atoms with Gasteiger partial charge >= 0.3 is 0 Å². The van der Waals surface area contributed by atoms with E-state index in [9.17, 15) is 9.90 Å². The van der Waals surface area contributed by atoms with Crippen LogP contribution in [0.4, 0.5) is 0 Å². The second kappa shape index (κ2) is 7.04. The Hall–Kier alpha value is -0.320. The normalized spacial score (nSPS) is 18.9. The lowest BCUT2D eigenvalue weighted by atomic mass is 10.0. The van der Waals surface area contributed by atoms with E-state index in [1.807, 2.05) is 0 Å². The van der Waals surface area contributed by atoms with Crippen molar-refractivity contribution < 1.29 is 9.90 Å². The molecule has 0 bridgehead atoms. The highest BCUT2D eigenvalue weighted by Crippen LogP contribution is 2.18. The van der Waals surface area contributed by atoms with Crippen molar-refractivity contribution in [3.8, 4) is 0 Å². The summed E-state index contributed by atoms with van der Waals surface area (Å²) in [5, 5.41) is 12.3. The van der Waals surface area contributed by atoms with Crippen LogP contribution >= 0.6 is 12.4 Å². The number of unbranched alkanes of at least 4 members (excludes halogenated alkanes) is 1. The molecule has 1 aliphatic rings. The Labute approximate surface area is 97.0 Å². The summed E-state index contributed by atoms with van der Waals surface area (Å²) in [4.78, 5) is 11.4. The standard InChI is InChI=1S/C10H20N2O2.ClH/c1-2-3-4-8(11)9(13)10(14)12-7-5-6-7;/h7-9,13H,2-6,11H2,1H3,(H,12,14);1H/t8-,9?;/m0./s1. The largest absolute Gasteiger partial charge is 0.382 e. The van der Waals surface area contributed by atoms with Crippen LogP contribution in [-0.2, 0) is 4.79 Å². The van der Waals surface area contributed by atoms with E-state index in [1.165, 1.54) is 0 Å². The summed E-state index contributed by atoms with van der Waals surface area (Å²) in [6.45, 7) is 2.06. The third-order valence-corrected chi connectivity index (χ3v) is 2.49. The highest BCUT2D eigenvalue weighted by molar-refractivity contribution is 5.85. The van der Waals surface area contributed by atoms with E-state index >= 15 is 0 Å². The Morgan fingerprint density at radius 1 is 1.60 bits per heavy atom. The molecule has 5 heteroatoms. The van der Waals surface area contributed by atoms with Gasteiger partial charge in [0.15, 0.2) is 0 Å². The third kappa shape index (κ3) is 5.35. The van der Waals surface area contributed by atoms with E-state index < -0.39 is 12.1 Å². The first-order chi connectivity index (χ1) is 6.65. The van der Waals surface area contributed by atoms with Crippen LogP contribution in [0.2, 0.25) is 0 Å². The highest BCUT2D eigenvalue weighted by atomic mass is 35.5. The first-order valence-corrected chi connectivity index (χ1v) is 5.39. The Kier molecular flexibility index (Phi) is 6.89. The van der Waals surface area contributed by atoms with Crippen molar-refractivity contribution in [2.45, 2.75) is 57.2 Å². The number of nitrogens with one attached hydrogen (secondary N) is 1. The summed E-state index contributed by atoms with van der Waals surface area (Å²) < 4.78 is 0. The molecule has 1 amide bonds. The van der Waals surface area contributed by atoms with E-state index in [2.05, 4.69) is 12.2 Å². The molecule has 1 saturated carbocycles. The molecule has 4 N–H and O–H groups in total. The van der Waals surface area contributed by atoms with Crippen molar-refractivity contribution in [3.63, 3.8) is 0 Å². The average molecular weight is 237 g/mol. The van der Waals surface area contributed by atoms with E-state index in [0.717, 1.165) is 25.7 Å². The predicted molar refractivity (Wildman–Crippen MR) is 61.9 cm³/mol. The van der Waals surface area contributed by atoms with Gasteiger partial charge in [0.05, 0.1) is 0 Å². The monoisotopic (exact) mass is 236 g/mol. The number of rotatable bonds is 6. The molecule has 1 fully saturated rings. The molecule has 0 heterocycles. The van der Waals surface area contributed by atoms with Gasteiger partial charge < -0.3 is 16.2 Å². The zero-order valence-corrected chi connectivity index (χ0v) is 9.93. The van der Waals surface area contributed by atoms with Crippen LogP contribution in [0.15, 0.2) is 0 Å². The lowest BCUT2D eigenvalue weighted by Crippen LogP contribution is -2.46. The Bertz CT molecular complexity index is 198. The minimum Gasteiger partial charge on any atom is -0.382 e. The van der Waals surface area contributed by atoms with Crippen molar-refractivity contribution in [2.24, 2.45) is 5.73 Å². The van der Waals surface area contributed by atoms with E-state index in [0.29, 0.717) is 6.42 Å². The van der Waals surface area contributed by atoms with Gasteiger partial charge in [0.1, 0.15) is 6.10 Å². The second-order valence-corrected chi connectivity index (χ2v) is 4.03. The third-order valence-electron chi connectivity index (χ3n) is 2.49. The first-order valence-electron chi connectivity index (χ1n) is 5.39. The second-order valence-electron chi connectivity index (χ2n) is 4.03. The molecule has 4 nitrogen and oxygen atoms in total. The molecule has 0 aliphatic heterocycles. The van der Waals surface area contributed by atoms with E-state index in [1.54, 1.807) is 0 Å². The number of aliphatic hydroxyl groups excluding tert-OH is 1. The van der Waals surface area contributed by atoms with Crippen molar-refractivity contribution in [3.05, 3.63) is 0 Å². The molecule has 0 aromatic carbocycles. The molecular formula is C10H21ClN2O2. The Morgan fingerprint density at radius 2 is 2.20 bits per heavy atom. The lowest BCUT2D eigenvalue weighted by Gasteiger charge is -2.17. The van der Waals surface area contributed by atoms with Gasteiger partial charge in [-0.3, -0.25) is 4.79 Å². The lowest BCUT2D eigenvalue weighted by molar-refractivity contribution is -0.130. The molecule has 15 heavy (non-hydrogen) atoms. The first kappa shape index (κ1) is 14.7. The molecule has 0 saturated heterocycles. The van der Waals surface area contributed by atoms with Crippen LogP contribution in [-0.4, -0.2) is 29.2 Å². The number of hydrogen-bond donors (Lipinski definition) is 3. The molecule has 0 radical (unpaired) electrons. The Balaban J connectivity index is 0.00000196. The summed E-state index contributed by atoms with van der Waals surface area (Å²) in [5.74, 6) is -0.309. The SMILES string of the molecule is CCCC[C@H](N)C(O)C(=O)NC1CC1.Cl. The average Bonchev–Trinajstić information content (AvgIpc) is 2.96. The smallest absolute Gasteiger partial charge is 0.250 e. The van der Waals surface area contributed by atoms with Crippen LogP contribution in [0.1, 0.15) is 39.0 Å². The Morgan fingerprint density at radius 3 is 2.67 bits per heavy atom. The molecule has 1 rings (SSSR count). The predicted octanol–water partition coefficient (Wildman–Crippen LogP) is 0.565. The summed E-state index contributed by atoms with van der Waals surface area (Å²) >= 11 is 0. The van der Waals surface area contributed by atoms with Gasteiger partial charge in [-0.1, -0.05) is 19.8 Å². The van der Waals surface area contributed by atoms with Crippen LogP contribution in [0.25, 0.3) is 0 Å². The molecule has 90 valence electrons. The van der Waals surface area contributed by atoms with Gasteiger partial charge in [-0.05, 0) is 19.3 Å². The van der Waals surface area contributed by atoms with Crippen LogP contribution in [0.5, 0.6) is 0 Å². The minimum absolute atomic E-state index is 0. The van der Waals surface area contributed by atoms with E-state index in [-0.39, 0.29) is 24.4 Å². The summed E-state index contributed by atoms with van der Waals surface area (Å²) in [6.07, 6.45) is 3.71. The number of amides is 1. The van der Waals surface area contributed by atoms with Crippen LogP contribution in [0, 0.1) is 0 Å². The van der Waals surface area contributed by atoms with Crippen LogP contribution < -0.4 is 11.1 Å². The van der Waals surface area contributed by atoms with Gasteiger partial charge in [0, 0.05) is 12.1 Å². The quantitative estimate of drug-likeness (QED) is 0.631. The molecule has 1 unspecified atom stereocenters. The zero-order chi connectivity index (χ0) is 10.6. The number of carbonyl (C=O) groups excluding carboxylic acids is 1. The number of hydrogen-bond acceptors (Lipinski definition) is 3. The van der Waals surface area contributed by atoms with Crippen LogP contribution in [0.3, 0.4) is 0 Å². The zero-order valence-electron chi connectivity index (χ0n) is 9.11. The number of nitrogens with two attached hydrogens (primary N) is 1. The van der Waals surface area contributed by atoms with Crippen molar-refractivity contribution in [2.75, 3.05) is 0 Å².